The normalized spacial score (nSPS) is 11.6. The van der Waals surface area contributed by atoms with Crippen LogP contribution in [0.15, 0.2) is 0 Å². The molecule has 2 heteroatoms. The largest absolute Gasteiger partial charge is 0.343 e. The van der Waals surface area contributed by atoms with E-state index in [1.165, 1.54) is 0 Å². The van der Waals surface area contributed by atoms with Crippen molar-refractivity contribution in [2.24, 2.45) is 0 Å². The Labute approximate surface area is 59.7 Å². The van der Waals surface area contributed by atoms with Gasteiger partial charge in [-0.05, 0) is 12.1 Å². The second kappa shape index (κ2) is 3.94. The minimum absolute atomic E-state index is 0.634. The summed E-state index contributed by atoms with van der Waals surface area (Å²) in [5.74, 6) is 0. The van der Waals surface area contributed by atoms with E-state index in [-0.39, 0.29) is 0 Å². The lowest BCUT2D eigenvalue weighted by molar-refractivity contribution is 0.313. The first-order valence-corrected chi connectivity index (χ1v) is 3.66. The maximum atomic E-state index is 2.33. The van der Waals surface area contributed by atoms with Crippen molar-refractivity contribution in [3.8, 4) is 0 Å². The van der Waals surface area contributed by atoms with E-state index in [0.717, 1.165) is 0 Å². The van der Waals surface area contributed by atoms with Gasteiger partial charge in [0.2, 0.25) is 7.41 Å². The van der Waals surface area contributed by atoms with Crippen LogP contribution in [0.3, 0.4) is 0 Å². The molecule has 0 spiro atoms. The van der Waals surface area contributed by atoms with Crippen LogP contribution in [0.5, 0.6) is 0 Å². The highest BCUT2D eigenvalue weighted by atomic mass is 15.1. The summed E-state index contributed by atoms with van der Waals surface area (Å²) in [6, 6.07) is 1.27. The zero-order valence-electron chi connectivity index (χ0n) is 7.18. The number of hydrogen-bond donors (Lipinski definition) is 0. The molecule has 0 aliphatic carbocycles. The molecule has 0 aliphatic rings. The van der Waals surface area contributed by atoms with Gasteiger partial charge in [-0.15, -0.1) is 0 Å². The number of nitrogens with zero attached hydrogens (tertiary/aromatic N) is 1. The zero-order chi connectivity index (χ0) is 7.44. The molecule has 0 rings (SSSR count). The standard InChI is InChI=1S/C7H17BN/c1-6(2)9(8-5)7(3)4/h6-7H,1-5H3. The Balaban J connectivity index is 3.68. The topological polar surface area (TPSA) is 3.24 Å². The Kier molecular flexibility index (Phi) is 3.95. The Morgan fingerprint density at radius 2 is 1.33 bits per heavy atom. The third-order valence-electron chi connectivity index (χ3n) is 1.49. The fraction of sp³-hybridized carbons (Fsp3) is 1.00. The maximum absolute atomic E-state index is 2.33. The molecule has 0 fully saturated rings. The first-order valence-electron chi connectivity index (χ1n) is 3.66. The summed E-state index contributed by atoms with van der Waals surface area (Å²) in [5, 5.41) is 0. The van der Waals surface area contributed by atoms with E-state index >= 15 is 0 Å². The van der Waals surface area contributed by atoms with Crippen LogP contribution in [0.2, 0.25) is 6.82 Å². The first-order chi connectivity index (χ1) is 4.09. The minimum atomic E-state index is 0.634. The van der Waals surface area contributed by atoms with Crippen molar-refractivity contribution in [3.63, 3.8) is 0 Å². The zero-order valence-corrected chi connectivity index (χ0v) is 7.18. The van der Waals surface area contributed by atoms with Crippen LogP contribution in [0, 0.1) is 0 Å². The van der Waals surface area contributed by atoms with Gasteiger partial charge in [-0.1, -0.05) is 34.5 Å². The lowest BCUT2D eigenvalue weighted by atomic mass is 9.91. The van der Waals surface area contributed by atoms with Crippen molar-refractivity contribution in [3.05, 3.63) is 0 Å². The molecule has 0 saturated heterocycles. The van der Waals surface area contributed by atoms with Crippen molar-refractivity contribution >= 4 is 7.41 Å². The van der Waals surface area contributed by atoms with Crippen LogP contribution in [-0.2, 0) is 0 Å². The van der Waals surface area contributed by atoms with Gasteiger partial charge in [-0.3, -0.25) is 0 Å². The molecule has 0 bridgehead atoms. The van der Waals surface area contributed by atoms with Crippen molar-refractivity contribution < 1.29 is 0 Å². The van der Waals surface area contributed by atoms with E-state index in [9.17, 15) is 0 Å². The number of hydrogen-bond acceptors (Lipinski definition) is 1. The fourth-order valence-corrected chi connectivity index (χ4v) is 1.19. The molecule has 53 valence electrons. The van der Waals surface area contributed by atoms with Crippen molar-refractivity contribution in [2.75, 3.05) is 0 Å². The molecule has 0 aromatic rings. The van der Waals surface area contributed by atoms with E-state index < -0.39 is 0 Å². The molecule has 0 atom stereocenters. The van der Waals surface area contributed by atoms with Crippen molar-refractivity contribution in [2.45, 2.75) is 46.6 Å². The van der Waals surface area contributed by atoms with Gasteiger partial charge in [0, 0.05) is 0 Å². The average molecular weight is 126 g/mol. The molecular formula is C7H17BN. The van der Waals surface area contributed by atoms with Gasteiger partial charge in [0.1, 0.15) is 0 Å². The summed E-state index contributed by atoms with van der Waals surface area (Å²) in [6.07, 6.45) is 0. The van der Waals surface area contributed by atoms with E-state index in [4.69, 9.17) is 0 Å². The molecule has 0 aromatic heterocycles. The highest BCUT2D eigenvalue weighted by Gasteiger charge is 2.09. The predicted molar refractivity (Wildman–Crippen MR) is 43.7 cm³/mol. The molecule has 1 nitrogen and oxygen atoms in total. The minimum Gasteiger partial charge on any atom is -0.343 e. The predicted octanol–water partition coefficient (Wildman–Crippen LogP) is 1.77. The van der Waals surface area contributed by atoms with Gasteiger partial charge in [0.05, 0.1) is 0 Å². The van der Waals surface area contributed by atoms with Crippen molar-refractivity contribution in [1.82, 2.24) is 4.81 Å². The van der Waals surface area contributed by atoms with E-state index in [1.807, 2.05) is 0 Å². The second-order valence-electron chi connectivity index (χ2n) is 2.89. The van der Waals surface area contributed by atoms with Crippen LogP contribution in [0.25, 0.3) is 0 Å². The van der Waals surface area contributed by atoms with E-state index in [0.29, 0.717) is 12.1 Å². The molecule has 0 aromatic carbocycles. The Morgan fingerprint density at radius 3 is 1.33 bits per heavy atom. The monoisotopic (exact) mass is 126 g/mol. The molecular weight excluding hydrogens is 109 g/mol. The highest BCUT2D eigenvalue weighted by Crippen LogP contribution is 2.01. The fourth-order valence-electron chi connectivity index (χ4n) is 1.19. The average Bonchev–Trinajstić information content (AvgIpc) is 1.64. The van der Waals surface area contributed by atoms with Gasteiger partial charge in [-0.2, -0.15) is 0 Å². The van der Waals surface area contributed by atoms with Crippen LogP contribution in [-0.4, -0.2) is 24.3 Å². The lowest BCUT2D eigenvalue weighted by Gasteiger charge is -2.28. The summed E-state index contributed by atoms with van der Waals surface area (Å²) in [4.78, 5) is 2.33. The lowest BCUT2D eigenvalue weighted by Crippen LogP contribution is -2.38. The third kappa shape index (κ3) is 2.90. The Bertz CT molecular complexity index is 63.3. The first kappa shape index (κ1) is 9.02. The van der Waals surface area contributed by atoms with Crippen LogP contribution in [0.4, 0.5) is 0 Å². The maximum Gasteiger partial charge on any atom is 0.205 e. The molecule has 0 aliphatic heterocycles. The second-order valence-corrected chi connectivity index (χ2v) is 2.89. The smallest absolute Gasteiger partial charge is 0.205 e. The van der Waals surface area contributed by atoms with Crippen LogP contribution in [0.1, 0.15) is 27.7 Å². The molecule has 0 N–H and O–H groups in total. The summed E-state index contributed by atoms with van der Waals surface area (Å²) in [6.45, 7) is 10.9. The summed E-state index contributed by atoms with van der Waals surface area (Å²) in [5.41, 5.74) is 0. The van der Waals surface area contributed by atoms with E-state index in [2.05, 4.69) is 46.7 Å². The third-order valence-corrected chi connectivity index (χ3v) is 1.49. The molecule has 0 heterocycles. The van der Waals surface area contributed by atoms with Crippen LogP contribution < -0.4 is 0 Å². The van der Waals surface area contributed by atoms with Gasteiger partial charge < -0.3 is 4.81 Å². The molecule has 9 heavy (non-hydrogen) atoms. The Morgan fingerprint density at radius 1 is 1.00 bits per heavy atom. The van der Waals surface area contributed by atoms with Gasteiger partial charge in [-0.25, -0.2) is 0 Å². The van der Waals surface area contributed by atoms with Crippen LogP contribution >= 0.6 is 0 Å². The van der Waals surface area contributed by atoms with E-state index in [1.54, 1.807) is 0 Å². The summed E-state index contributed by atoms with van der Waals surface area (Å²) >= 11 is 0. The molecule has 0 amide bonds. The van der Waals surface area contributed by atoms with Gasteiger partial charge in [0.15, 0.2) is 0 Å². The highest BCUT2D eigenvalue weighted by molar-refractivity contribution is 6.30. The SMILES string of the molecule is C[B]N(C(C)C)C(C)C. The van der Waals surface area contributed by atoms with Gasteiger partial charge >= 0.3 is 0 Å². The molecule has 0 saturated carbocycles. The van der Waals surface area contributed by atoms with Gasteiger partial charge in [0.25, 0.3) is 0 Å². The quantitative estimate of drug-likeness (QED) is 0.521. The summed E-state index contributed by atoms with van der Waals surface area (Å²) in [7, 11) is 2.15. The van der Waals surface area contributed by atoms with Crippen molar-refractivity contribution in [1.29, 1.82) is 0 Å². The Hall–Kier alpha value is 0.0249. The molecule has 0 unspecified atom stereocenters. The number of rotatable bonds is 3. The summed E-state index contributed by atoms with van der Waals surface area (Å²) < 4.78 is 0. The molecule has 1 radical (unpaired) electrons.